The molecule has 0 spiro atoms. The van der Waals surface area contributed by atoms with Gasteiger partial charge in [-0.3, -0.25) is 9.69 Å². The molecule has 1 amide bonds. The molecule has 1 aromatic carbocycles. The Morgan fingerprint density at radius 1 is 1.42 bits per heavy atom. The summed E-state index contributed by atoms with van der Waals surface area (Å²) >= 11 is 0. The average Bonchev–Trinajstić information content (AvgIpc) is 2.52. The second-order valence-electron chi connectivity index (χ2n) is 5.39. The summed E-state index contributed by atoms with van der Waals surface area (Å²) < 4.78 is 43.0. The third-order valence-electron chi connectivity index (χ3n) is 3.55. The summed E-state index contributed by atoms with van der Waals surface area (Å²) in [5, 5.41) is 11.8. The number of nitrogens with one attached hydrogen (secondary N) is 1. The van der Waals surface area contributed by atoms with Crippen LogP contribution in [0.1, 0.15) is 18.9 Å². The molecule has 0 bridgehead atoms. The lowest BCUT2D eigenvalue weighted by Gasteiger charge is -2.29. The predicted octanol–water partition coefficient (Wildman–Crippen LogP) is 1.95. The minimum Gasteiger partial charge on any atom is -0.497 e. The van der Waals surface area contributed by atoms with E-state index in [1.54, 1.807) is 31.2 Å². The molecule has 0 aliphatic heterocycles. The molecule has 1 rings (SSSR count). The smallest absolute Gasteiger partial charge is 0.401 e. The van der Waals surface area contributed by atoms with Crippen molar-refractivity contribution in [2.75, 3.05) is 26.8 Å². The second-order valence-corrected chi connectivity index (χ2v) is 5.39. The molecule has 0 radical (unpaired) electrons. The largest absolute Gasteiger partial charge is 0.497 e. The van der Waals surface area contributed by atoms with Gasteiger partial charge < -0.3 is 15.2 Å². The number of halogens is 3. The zero-order valence-corrected chi connectivity index (χ0v) is 13.8. The minimum atomic E-state index is -4.43. The standard InChI is InChI=1S/C16H23F3N2O3/c1-3-13(10-22)21(11-16(17,18)19)9-15(23)20-8-12-5-4-6-14(7-12)24-2/h4-7,13,22H,3,8-11H2,1-2H3,(H,20,23)/t13-/m0/s1. The fourth-order valence-corrected chi connectivity index (χ4v) is 2.27. The molecule has 0 unspecified atom stereocenters. The number of carbonyl (C=O) groups excluding carboxylic acids is 1. The minimum absolute atomic E-state index is 0.186. The number of benzene rings is 1. The Morgan fingerprint density at radius 3 is 2.67 bits per heavy atom. The number of methoxy groups -OCH3 is 1. The number of aliphatic hydroxyl groups excluding tert-OH is 1. The van der Waals surface area contributed by atoms with Gasteiger partial charge in [0.05, 0.1) is 26.8 Å². The van der Waals surface area contributed by atoms with Crippen LogP contribution in [0.2, 0.25) is 0 Å². The van der Waals surface area contributed by atoms with Crippen molar-refractivity contribution in [1.29, 1.82) is 0 Å². The van der Waals surface area contributed by atoms with Crippen molar-refractivity contribution in [3.8, 4) is 5.75 Å². The van der Waals surface area contributed by atoms with Gasteiger partial charge in [0.15, 0.2) is 0 Å². The van der Waals surface area contributed by atoms with Gasteiger partial charge in [-0.1, -0.05) is 19.1 Å². The van der Waals surface area contributed by atoms with Crippen molar-refractivity contribution < 1.29 is 27.8 Å². The van der Waals surface area contributed by atoms with E-state index in [-0.39, 0.29) is 6.54 Å². The van der Waals surface area contributed by atoms with E-state index < -0.39 is 37.8 Å². The maximum absolute atomic E-state index is 12.7. The Hall–Kier alpha value is -1.80. The zero-order valence-electron chi connectivity index (χ0n) is 13.8. The van der Waals surface area contributed by atoms with Gasteiger partial charge in [-0.05, 0) is 24.1 Å². The number of rotatable bonds is 9. The molecule has 0 saturated carbocycles. The number of ether oxygens (including phenoxy) is 1. The van der Waals surface area contributed by atoms with Crippen LogP contribution in [0.3, 0.4) is 0 Å². The summed E-state index contributed by atoms with van der Waals surface area (Å²) in [7, 11) is 1.52. The highest BCUT2D eigenvalue weighted by Crippen LogP contribution is 2.19. The van der Waals surface area contributed by atoms with Crippen molar-refractivity contribution in [2.45, 2.75) is 32.1 Å². The molecule has 24 heavy (non-hydrogen) atoms. The maximum Gasteiger partial charge on any atom is 0.401 e. The zero-order chi connectivity index (χ0) is 18.2. The molecule has 0 aliphatic rings. The van der Waals surface area contributed by atoms with Crippen molar-refractivity contribution >= 4 is 5.91 Å². The molecular formula is C16H23F3N2O3. The Balaban J connectivity index is 2.63. The molecule has 0 fully saturated rings. The van der Waals surface area contributed by atoms with Crippen LogP contribution in [0, 0.1) is 0 Å². The van der Waals surface area contributed by atoms with Gasteiger partial charge in [0, 0.05) is 12.6 Å². The highest BCUT2D eigenvalue weighted by Gasteiger charge is 2.34. The molecular weight excluding hydrogens is 325 g/mol. The third-order valence-corrected chi connectivity index (χ3v) is 3.55. The second kappa shape index (κ2) is 9.48. The van der Waals surface area contributed by atoms with E-state index in [0.717, 1.165) is 10.5 Å². The number of carbonyl (C=O) groups is 1. The third kappa shape index (κ3) is 7.18. The SMILES string of the molecule is CC[C@@H](CO)N(CC(=O)NCc1cccc(OC)c1)CC(F)(F)F. The summed E-state index contributed by atoms with van der Waals surface area (Å²) in [6.07, 6.45) is -4.12. The summed E-state index contributed by atoms with van der Waals surface area (Å²) in [4.78, 5) is 12.9. The summed E-state index contributed by atoms with van der Waals surface area (Å²) in [5.41, 5.74) is 0.777. The molecule has 2 N–H and O–H groups in total. The van der Waals surface area contributed by atoms with Crippen molar-refractivity contribution in [1.82, 2.24) is 10.2 Å². The van der Waals surface area contributed by atoms with Gasteiger partial charge in [-0.15, -0.1) is 0 Å². The topological polar surface area (TPSA) is 61.8 Å². The number of hydrogen-bond acceptors (Lipinski definition) is 4. The van der Waals surface area contributed by atoms with E-state index in [1.807, 2.05) is 0 Å². The van der Waals surface area contributed by atoms with Gasteiger partial charge in [0.2, 0.25) is 5.91 Å². The van der Waals surface area contributed by atoms with Crippen LogP contribution in [-0.4, -0.2) is 54.9 Å². The van der Waals surface area contributed by atoms with Gasteiger partial charge in [-0.25, -0.2) is 0 Å². The lowest BCUT2D eigenvalue weighted by atomic mass is 10.2. The molecule has 136 valence electrons. The van der Waals surface area contributed by atoms with Crippen molar-refractivity contribution in [3.63, 3.8) is 0 Å². The van der Waals surface area contributed by atoms with E-state index in [1.165, 1.54) is 7.11 Å². The van der Waals surface area contributed by atoms with Gasteiger partial charge in [0.1, 0.15) is 5.75 Å². The Kier molecular flexibility index (Phi) is 8.00. The number of amides is 1. The first-order valence-corrected chi connectivity index (χ1v) is 7.60. The monoisotopic (exact) mass is 348 g/mol. The lowest BCUT2D eigenvalue weighted by molar-refractivity contribution is -0.155. The van der Waals surface area contributed by atoms with Crippen LogP contribution in [0.15, 0.2) is 24.3 Å². The van der Waals surface area contributed by atoms with E-state index >= 15 is 0 Å². The molecule has 1 aromatic rings. The van der Waals surface area contributed by atoms with Gasteiger partial charge in [0.25, 0.3) is 0 Å². The Bertz CT molecular complexity index is 520. The van der Waals surface area contributed by atoms with E-state index in [4.69, 9.17) is 4.74 Å². The molecule has 1 atom stereocenters. The first-order valence-electron chi connectivity index (χ1n) is 7.60. The number of alkyl halides is 3. The van der Waals surface area contributed by atoms with Crippen molar-refractivity contribution in [2.24, 2.45) is 0 Å². The highest BCUT2D eigenvalue weighted by molar-refractivity contribution is 5.78. The fourth-order valence-electron chi connectivity index (χ4n) is 2.27. The predicted molar refractivity (Wildman–Crippen MR) is 83.6 cm³/mol. The maximum atomic E-state index is 12.7. The average molecular weight is 348 g/mol. The van der Waals surface area contributed by atoms with Crippen molar-refractivity contribution in [3.05, 3.63) is 29.8 Å². The molecule has 0 saturated heterocycles. The normalized spacial score (nSPS) is 13.0. The Morgan fingerprint density at radius 2 is 2.12 bits per heavy atom. The van der Waals surface area contributed by atoms with E-state index in [2.05, 4.69) is 5.32 Å². The van der Waals surface area contributed by atoms with E-state index in [0.29, 0.717) is 12.2 Å². The highest BCUT2D eigenvalue weighted by atomic mass is 19.4. The first kappa shape index (κ1) is 20.2. The van der Waals surface area contributed by atoms with E-state index in [9.17, 15) is 23.1 Å². The van der Waals surface area contributed by atoms with Crippen LogP contribution >= 0.6 is 0 Å². The lowest BCUT2D eigenvalue weighted by Crippen LogP contribution is -2.48. The number of nitrogens with zero attached hydrogens (tertiary/aromatic N) is 1. The quantitative estimate of drug-likeness (QED) is 0.716. The van der Waals surface area contributed by atoms with Gasteiger partial charge >= 0.3 is 6.18 Å². The molecule has 0 aliphatic carbocycles. The van der Waals surface area contributed by atoms with Crippen LogP contribution in [0.4, 0.5) is 13.2 Å². The van der Waals surface area contributed by atoms with Gasteiger partial charge in [-0.2, -0.15) is 13.2 Å². The summed E-state index contributed by atoms with van der Waals surface area (Å²) in [5.74, 6) is 0.0979. The molecule has 0 heterocycles. The van der Waals surface area contributed by atoms with Crippen LogP contribution in [0.5, 0.6) is 5.75 Å². The molecule has 8 heteroatoms. The fraction of sp³-hybridized carbons (Fsp3) is 0.562. The van der Waals surface area contributed by atoms with Crippen LogP contribution in [-0.2, 0) is 11.3 Å². The number of aliphatic hydroxyl groups is 1. The number of hydrogen-bond donors (Lipinski definition) is 2. The summed E-state index contributed by atoms with van der Waals surface area (Å²) in [6.45, 7) is -0.249. The van der Waals surface area contributed by atoms with Crippen LogP contribution < -0.4 is 10.1 Å². The molecule has 0 aromatic heterocycles. The van der Waals surface area contributed by atoms with Crippen LogP contribution in [0.25, 0.3) is 0 Å². The molecule has 5 nitrogen and oxygen atoms in total. The Labute approximate surface area is 139 Å². The first-order chi connectivity index (χ1) is 11.3. The summed E-state index contributed by atoms with van der Waals surface area (Å²) in [6, 6.07) is 6.31.